The normalized spacial score (nSPS) is 14.2. The quantitative estimate of drug-likeness (QED) is 0.331. The van der Waals surface area contributed by atoms with Gasteiger partial charge in [-0.05, 0) is 65.1 Å². The molecule has 0 aromatic heterocycles. The molecule has 0 atom stereocenters. The fourth-order valence-electron chi connectivity index (χ4n) is 2.31. The molecule has 1 heterocycles. The van der Waals surface area contributed by atoms with Crippen LogP contribution in [-0.4, -0.2) is 17.8 Å². The van der Waals surface area contributed by atoms with E-state index in [-0.39, 0.29) is 30.2 Å². The lowest BCUT2D eigenvalue weighted by Crippen LogP contribution is -2.28. The maximum atomic E-state index is 12.2. The second-order valence-electron chi connectivity index (χ2n) is 5.02. The summed E-state index contributed by atoms with van der Waals surface area (Å²) in [6, 6.07) is 13.4. The van der Waals surface area contributed by atoms with E-state index in [1.165, 1.54) is 6.07 Å². The minimum atomic E-state index is -0.535. The van der Waals surface area contributed by atoms with Crippen LogP contribution < -0.4 is 9.64 Å². The van der Waals surface area contributed by atoms with E-state index >= 15 is 0 Å². The Bertz CT molecular complexity index is 769. The van der Waals surface area contributed by atoms with Gasteiger partial charge < -0.3 is 4.74 Å². The third-order valence-electron chi connectivity index (χ3n) is 3.42. The Hall–Kier alpha value is -2.22. The first-order chi connectivity index (χ1) is 11.0. The Morgan fingerprint density at radius 1 is 1.00 bits per heavy atom. The summed E-state index contributed by atoms with van der Waals surface area (Å²) in [6.07, 6.45) is 0.409. The molecule has 0 radical (unpaired) electrons. The third-order valence-corrected chi connectivity index (χ3v) is 4.13. The summed E-state index contributed by atoms with van der Waals surface area (Å²) >= 11 is 2.16. The van der Waals surface area contributed by atoms with Crippen LogP contribution in [0.2, 0.25) is 0 Å². The first-order valence-electron chi connectivity index (χ1n) is 6.98. The van der Waals surface area contributed by atoms with Gasteiger partial charge in [-0.25, -0.2) is 4.79 Å². The fraction of sp³-hybridized carbons (Fsp3) is 0.118. The van der Waals surface area contributed by atoms with Gasteiger partial charge in [-0.1, -0.05) is 6.07 Å². The number of carbonyl (C=O) groups excluding carboxylic acids is 3. The van der Waals surface area contributed by atoms with Crippen LogP contribution in [-0.2, 0) is 9.59 Å². The van der Waals surface area contributed by atoms with Crippen molar-refractivity contribution in [3.05, 3.63) is 57.7 Å². The summed E-state index contributed by atoms with van der Waals surface area (Å²) in [4.78, 5) is 36.9. The SMILES string of the molecule is O=C(Oc1ccc(I)cc1)c1cccc(N2C(=O)CCC2=O)c1. The van der Waals surface area contributed by atoms with Crippen LogP contribution in [0.5, 0.6) is 5.75 Å². The molecular weight excluding hydrogens is 409 g/mol. The molecule has 3 rings (SSSR count). The molecule has 2 amide bonds. The number of halogens is 1. The minimum Gasteiger partial charge on any atom is -0.423 e. The number of esters is 1. The molecule has 1 aliphatic rings. The molecule has 0 aliphatic carbocycles. The molecule has 116 valence electrons. The van der Waals surface area contributed by atoms with E-state index in [1.54, 1.807) is 30.3 Å². The van der Waals surface area contributed by atoms with Gasteiger partial charge in [0.05, 0.1) is 11.3 Å². The number of benzene rings is 2. The van der Waals surface area contributed by atoms with Gasteiger partial charge in [0.25, 0.3) is 0 Å². The summed E-state index contributed by atoms with van der Waals surface area (Å²) in [5.74, 6) is -0.599. The van der Waals surface area contributed by atoms with Crippen molar-refractivity contribution < 1.29 is 19.1 Å². The molecule has 23 heavy (non-hydrogen) atoms. The first kappa shape index (κ1) is 15.7. The van der Waals surface area contributed by atoms with E-state index in [0.717, 1.165) is 8.47 Å². The predicted molar refractivity (Wildman–Crippen MR) is 92.3 cm³/mol. The number of carbonyl (C=O) groups is 3. The van der Waals surface area contributed by atoms with Crippen LogP contribution in [0.3, 0.4) is 0 Å². The fourth-order valence-corrected chi connectivity index (χ4v) is 2.66. The molecule has 2 aromatic rings. The highest BCUT2D eigenvalue weighted by atomic mass is 127. The Balaban J connectivity index is 1.81. The van der Waals surface area contributed by atoms with E-state index in [0.29, 0.717) is 11.4 Å². The van der Waals surface area contributed by atoms with Crippen LogP contribution in [0.15, 0.2) is 48.5 Å². The van der Waals surface area contributed by atoms with Gasteiger partial charge in [-0.3, -0.25) is 14.5 Å². The van der Waals surface area contributed by atoms with Gasteiger partial charge in [0, 0.05) is 16.4 Å². The van der Waals surface area contributed by atoms with E-state index in [9.17, 15) is 14.4 Å². The molecular formula is C17H12INO4. The Labute approximate surface area is 146 Å². The van der Waals surface area contributed by atoms with Crippen molar-refractivity contribution in [1.82, 2.24) is 0 Å². The number of amides is 2. The van der Waals surface area contributed by atoms with Crippen LogP contribution in [0.25, 0.3) is 0 Å². The molecule has 1 aliphatic heterocycles. The smallest absolute Gasteiger partial charge is 0.343 e. The van der Waals surface area contributed by atoms with Crippen molar-refractivity contribution in [3.8, 4) is 5.75 Å². The van der Waals surface area contributed by atoms with Crippen molar-refractivity contribution in [2.24, 2.45) is 0 Å². The largest absolute Gasteiger partial charge is 0.423 e. The van der Waals surface area contributed by atoms with Gasteiger partial charge in [-0.15, -0.1) is 0 Å². The minimum absolute atomic E-state index is 0.205. The van der Waals surface area contributed by atoms with Gasteiger partial charge in [0.2, 0.25) is 11.8 Å². The van der Waals surface area contributed by atoms with Crippen LogP contribution in [0.1, 0.15) is 23.2 Å². The molecule has 1 fully saturated rings. The Kier molecular flexibility index (Phi) is 4.42. The number of anilines is 1. The van der Waals surface area contributed by atoms with Crippen molar-refractivity contribution in [3.63, 3.8) is 0 Å². The highest BCUT2D eigenvalue weighted by Crippen LogP contribution is 2.24. The second kappa shape index (κ2) is 6.49. The zero-order valence-electron chi connectivity index (χ0n) is 12.0. The number of nitrogens with zero attached hydrogens (tertiary/aromatic N) is 1. The van der Waals surface area contributed by atoms with E-state index in [4.69, 9.17) is 4.74 Å². The maximum Gasteiger partial charge on any atom is 0.343 e. The van der Waals surface area contributed by atoms with Crippen LogP contribution in [0.4, 0.5) is 5.69 Å². The molecule has 1 saturated heterocycles. The molecule has 2 aromatic carbocycles. The standard InChI is InChI=1S/C17H12INO4/c18-12-4-6-14(7-5-12)23-17(22)11-2-1-3-13(10-11)19-15(20)8-9-16(19)21/h1-7,10H,8-9H2. The summed E-state index contributed by atoms with van der Waals surface area (Å²) < 4.78 is 6.33. The molecule has 0 spiro atoms. The van der Waals surface area contributed by atoms with E-state index in [2.05, 4.69) is 22.6 Å². The highest BCUT2D eigenvalue weighted by Gasteiger charge is 2.30. The van der Waals surface area contributed by atoms with Crippen molar-refractivity contribution >= 4 is 46.1 Å². The topological polar surface area (TPSA) is 63.7 Å². The Morgan fingerprint density at radius 3 is 2.30 bits per heavy atom. The maximum absolute atomic E-state index is 12.2. The molecule has 0 saturated carbocycles. The lowest BCUT2D eigenvalue weighted by Gasteiger charge is -2.14. The number of rotatable bonds is 3. The van der Waals surface area contributed by atoms with Gasteiger partial charge in [0.1, 0.15) is 5.75 Å². The number of hydrogen-bond acceptors (Lipinski definition) is 4. The molecule has 0 unspecified atom stereocenters. The Morgan fingerprint density at radius 2 is 1.65 bits per heavy atom. The van der Waals surface area contributed by atoms with Crippen LogP contribution in [0, 0.1) is 3.57 Å². The second-order valence-corrected chi connectivity index (χ2v) is 6.26. The summed E-state index contributed by atoms with van der Waals surface area (Å²) in [7, 11) is 0. The van der Waals surface area contributed by atoms with Crippen molar-refractivity contribution in [2.75, 3.05) is 4.90 Å². The summed E-state index contributed by atoms with van der Waals surface area (Å²) in [6.45, 7) is 0. The molecule has 5 nitrogen and oxygen atoms in total. The zero-order valence-corrected chi connectivity index (χ0v) is 14.1. The average molecular weight is 421 g/mol. The lowest BCUT2D eigenvalue weighted by atomic mass is 10.2. The van der Waals surface area contributed by atoms with E-state index in [1.807, 2.05) is 12.1 Å². The van der Waals surface area contributed by atoms with Crippen molar-refractivity contribution in [1.29, 1.82) is 0 Å². The van der Waals surface area contributed by atoms with E-state index < -0.39 is 5.97 Å². The first-order valence-corrected chi connectivity index (χ1v) is 8.06. The summed E-state index contributed by atoms with van der Waals surface area (Å²) in [5.41, 5.74) is 0.683. The number of imide groups is 1. The summed E-state index contributed by atoms with van der Waals surface area (Å²) in [5, 5.41) is 0. The third kappa shape index (κ3) is 3.42. The monoisotopic (exact) mass is 421 g/mol. The predicted octanol–water partition coefficient (Wildman–Crippen LogP) is 3.16. The molecule has 6 heteroatoms. The number of ether oxygens (including phenoxy) is 1. The molecule has 0 N–H and O–H groups in total. The lowest BCUT2D eigenvalue weighted by molar-refractivity contribution is -0.121. The van der Waals surface area contributed by atoms with Crippen molar-refractivity contribution in [2.45, 2.75) is 12.8 Å². The zero-order chi connectivity index (χ0) is 16.4. The van der Waals surface area contributed by atoms with Gasteiger partial charge in [0.15, 0.2) is 0 Å². The highest BCUT2D eigenvalue weighted by molar-refractivity contribution is 14.1. The van der Waals surface area contributed by atoms with Gasteiger partial charge in [-0.2, -0.15) is 0 Å². The van der Waals surface area contributed by atoms with Gasteiger partial charge >= 0.3 is 5.97 Å². The number of hydrogen-bond donors (Lipinski definition) is 0. The average Bonchev–Trinajstić information content (AvgIpc) is 2.88. The molecule has 0 bridgehead atoms. The van der Waals surface area contributed by atoms with Crippen LogP contribution >= 0.6 is 22.6 Å².